The number of amides is 1. The lowest BCUT2D eigenvalue weighted by Gasteiger charge is -2.25. The van der Waals surface area contributed by atoms with Crippen molar-refractivity contribution in [1.82, 2.24) is 4.90 Å². The largest absolute Gasteiger partial charge is 0.507 e. The van der Waals surface area contributed by atoms with Crippen LogP contribution >= 0.6 is 15.9 Å². The third-order valence-corrected chi connectivity index (χ3v) is 5.91. The number of aliphatic hydroxyl groups excluding tert-OH is 1. The third kappa shape index (κ3) is 4.83. The first kappa shape index (κ1) is 23.9. The first-order valence-electron chi connectivity index (χ1n) is 10.7. The second-order valence-corrected chi connectivity index (χ2v) is 8.79. The Labute approximate surface area is 197 Å². The second kappa shape index (κ2) is 10.2. The van der Waals surface area contributed by atoms with Gasteiger partial charge in [0, 0.05) is 12.1 Å². The quantitative estimate of drug-likeness (QED) is 0.295. The van der Waals surface area contributed by atoms with Gasteiger partial charge in [-0.2, -0.15) is 0 Å². The topological polar surface area (TPSA) is 76.1 Å². The summed E-state index contributed by atoms with van der Waals surface area (Å²) >= 11 is 3.41. The predicted octanol–water partition coefficient (Wildman–Crippen LogP) is 5.47. The van der Waals surface area contributed by atoms with Crippen LogP contribution in [0.3, 0.4) is 0 Å². The standard InChI is InChI=1S/C25H28BrNO5/c1-5-6-13-27-22(16-7-10-18(11-8-16)32-15(2)3)21(24(29)25(27)30)23(28)17-9-12-20(31-4)19(26)14-17/h7-12,14-15,22,28H,5-6,13H2,1-4H3/b23-21-. The summed E-state index contributed by atoms with van der Waals surface area (Å²) in [5, 5.41) is 11.1. The number of aliphatic hydroxyl groups is 1. The number of carbonyl (C=O) groups excluding carboxylic acids is 2. The molecule has 2 aromatic rings. The summed E-state index contributed by atoms with van der Waals surface area (Å²) in [6.45, 7) is 6.35. The molecule has 1 saturated heterocycles. The smallest absolute Gasteiger partial charge is 0.295 e. The average Bonchev–Trinajstić information content (AvgIpc) is 3.02. The van der Waals surface area contributed by atoms with Gasteiger partial charge in [-0.1, -0.05) is 25.5 Å². The molecule has 1 heterocycles. The molecule has 0 spiro atoms. The minimum absolute atomic E-state index is 0.0320. The van der Waals surface area contributed by atoms with E-state index in [1.807, 2.05) is 45.0 Å². The van der Waals surface area contributed by atoms with Gasteiger partial charge in [-0.05, 0) is 72.1 Å². The summed E-state index contributed by atoms with van der Waals surface area (Å²) in [5.74, 6) is -0.188. The molecule has 1 unspecified atom stereocenters. The lowest BCUT2D eigenvalue weighted by molar-refractivity contribution is -0.139. The molecule has 0 aliphatic carbocycles. The van der Waals surface area contributed by atoms with Crippen molar-refractivity contribution in [3.05, 3.63) is 63.6 Å². The van der Waals surface area contributed by atoms with Gasteiger partial charge >= 0.3 is 0 Å². The zero-order valence-corrected chi connectivity index (χ0v) is 20.3. The van der Waals surface area contributed by atoms with Crippen LogP contribution in [0.15, 0.2) is 52.5 Å². The minimum Gasteiger partial charge on any atom is -0.507 e. The van der Waals surface area contributed by atoms with Gasteiger partial charge in [-0.25, -0.2) is 0 Å². The number of hydrogen-bond donors (Lipinski definition) is 1. The van der Waals surface area contributed by atoms with Crippen LogP contribution < -0.4 is 9.47 Å². The Morgan fingerprint density at radius 3 is 2.41 bits per heavy atom. The first-order valence-corrected chi connectivity index (χ1v) is 11.5. The number of Topliss-reactive ketones (excluding diaryl/α,β-unsaturated/α-hetero) is 1. The van der Waals surface area contributed by atoms with Crippen molar-refractivity contribution in [2.24, 2.45) is 0 Å². The highest BCUT2D eigenvalue weighted by molar-refractivity contribution is 9.10. The van der Waals surface area contributed by atoms with Crippen LogP contribution in [0.5, 0.6) is 11.5 Å². The summed E-state index contributed by atoms with van der Waals surface area (Å²) in [6.07, 6.45) is 1.67. The Balaban J connectivity index is 2.11. The molecule has 6 nitrogen and oxygen atoms in total. The zero-order valence-electron chi connectivity index (χ0n) is 18.7. The number of carbonyl (C=O) groups is 2. The Kier molecular flexibility index (Phi) is 7.61. The van der Waals surface area contributed by atoms with E-state index in [0.29, 0.717) is 28.1 Å². The van der Waals surface area contributed by atoms with Crippen molar-refractivity contribution in [2.75, 3.05) is 13.7 Å². The highest BCUT2D eigenvalue weighted by Crippen LogP contribution is 2.40. The third-order valence-electron chi connectivity index (χ3n) is 5.29. The molecule has 1 aliphatic rings. The second-order valence-electron chi connectivity index (χ2n) is 7.93. The van der Waals surface area contributed by atoms with Crippen LogP contribution in [0.2, 0.25) is 0 Å². The Morgan fingerprint density at radius 2 is 1.84 bits per heavy atom. The lowest BCUT2D eigenvalue weighted by atomic mass is 9.95. The SMILES string of the molecule is CCCCN1C(=O)C(=O)/C(=C(\O)c2ccc(OC)c(Br)c2)C1c1ccc(OC(C)C)cc1. The van der Waals surface area contributed by atoms with E-state index >= 15 is 0 Å². The molecule has 1 aliphatic heterocycles. The van der Waals surface area contributed by atoms with Crippen molar-refractivity contribution in [3.63, 3.8) is 0 Å². The molecule has 0 bridgehead atoms. The van der Waals surface area contributed by atoms with E-state index in [-0.39, 0.29) is 17.4 Å². The van der Waals surface area contributed by atoms with Gasteiger partial charge in [0.15, 0.2) is 0 Å². The number of nitrogens with zero attached hydrogens (tertiary/aromatic N) is 1. The van der Waals surface area contributed by atoms with Crippen molar-refractivity contribution in [3.8, 4) is 11.5 Å². The maximum atomic E-state index is 13.0. The van der Waals surface area contributed by atoms with E-state index in [1.54, 1.807) is 30.2 Å². The Bertz CT molecular complexity index is 1030. The fourth-order valence-electron chi connectivity index (χ4n) is 3.76. The van der Waals surface area contributed by atoms with Crippen molar-refractivity contribution in [2.45, 2.75) is 45.8 Å². The molecule has 32 heavy (non-hydrogen) atoms. The van der Waals surface area contributed by atoms with Crippen molar-refractivity contribution in [1.29, 1.82) is 0 Å². The monoisotopic (exact) mass is 501 g/mol. The van der Waals surface area contributed by atoms with Crippen LogP contribution in [0.4, 0.5) is 0 Å². The molecule has 3 rings (SSSR count). The highest BCUT2D eigenvalue weighted by atomic mass is 79.9. The van der Waals surface area contributed by atoms with Gasteiger partial charge in [0.2, 0.25) is 0 Å². The number of methoxy groups -OCH3 is 1. The van der Waals surface area contributed by atoms with Crippen LogP contribution in [0.1, 0.15) is 50.8 Å². The van der Waals surface area contributed by atoms with E-state index in [0.717, 1.165) is 18.4 Å². The van der Waals surface area contributed by atoms with Gasteiger partial charge in [0.1, 0.15) is 17.3 Å². The molecule has 170 valence electrons. The number of hydrogen-bond acceptors (Lipinski definition) is 5. The minimum atomic E-state index is -0.682. The predicted molar refractivity (Wildman–Crippen MR) is 127 cm³/mol. The molecule has 1 amide bonds. The van der Waals surface area contributed by atoms with E-state index < -0.39 is 17.7 Å². The summed E-state index contributed by atoms with van der Waals surface area (Å²) in [6, 6.07) is 11.7. The maximum Gasteiger partial charge on any atom is 0.295 e. The molecule has 0 saturated carbocycles. The van der Waals surface area contributed by atoms with Crippen LogP contribution in [-0.4, -0.2) is 41.5 Å². The first-order chi connectivity index (χ1) is 15.3. The molecular formula is C25H28BrNO5. The molecule has 1 N–H and O–H groups in total. The van der Waals surface area contributed by atoms with Gasteiger partial charge in [-0.3, -0.25) is 9.59 Å². The maximum absolute atomic E-state index is 13.0. The number of halogens is 1. The Hall–Kier alpha value is -2.80. The number of benzene rings is 2. The summed E-state index contributed by atoms with van der Waals surface area (Å²) in [5.41, 5.74) is 1.25. The fourth-order valence-corrected chi connectivity index (χ4v) is 4.30. The number of rotatable bonds is 8. The molecular weight excluding hydrogens is 474 g/mol. The van der Waals surface area contributed by atoms with Crippen LogP contribution in [0, 0.1) is 0 Å². The van der Waals surface area contributed by atoms with Crippen LogP contribution in [0.25, 0.3) is 5.76 Å². The lowest BCUT2D eigenvalue weighted by Crippen LogP contribution is -2.30. The van der Waals surface area contributed by atoms with Crippen molar-refractivity contribution < 1.29 is 24.2 Å². The number of ketones is 1. The number of ether oxygens (including phenoxy) is 2. The number of unbranched alkanes of at least 4 members (excludes halogenated alkanes) is 1. The fraction of sp³-hybridized carbons (Fsp3) is 0.360. The Morgan fingerprint density at radius 1 is 1.16 bits per heavy atom. The average molecular weight is 502 g/mol. The van der Waals surface area contributed by atoms with E-state index in [9.17, 15) is 14.7 Å². The molecule has 7 heteroatoms. The van der Waals surface area contributed by atoms with Crippen LogP contribution in [-0.2, 0) is 9.59 Å². The molecule has 1 atom stereocenters. The van der Waals surface area contributed by atoms with E-state index in [4.69, 9.17) is 9.47 Å². The van der Waals surface area contributed by atoms with Gasteiger partial charge < -0.3 is 19.5 Å². The van der Waals surface area contributed by atoms with E-state index in [1.165, 1.54) is 0 Å². The number of likely N-dealkylation sites (tertiary alicyclic amines) is 1. The zero-order chi connectivity index (χ0) is 23.4. The molecule has 2 aromatic carbocycles. The van der Waals surface area contributed by atoms with Gasteiger partial charge in [0.25, 0.3) is 11.7 Å². The van der Waals surface area contributed by atoms with Crippen molar-refractivity contribution >= 4 is 33.4 Å². The molecule has 1 fully saturated rings. The van der Waals surface area contributed by atoms with E-state index in [2.05, 4.69) is 15.9 Å². The normalized spacial score (nSPS) is 17.8. The summed E-state index contributed by atoms with van der Waals surface area (Å²) < 4.78 is 11.6. The molecule has 0 radical (unpaired) electrons. The summed E-state index contributed by atoms with van der Waals surface area (Å²) in [7, 11) is 1.55. The molecule has 0 aromatic heterocycles. The summed E-state index contributed by atoms with van der Waals surface area (Å²) in [4.78, 5) is 27.5. The van der Waals surface area contributed by atoms with Gasteiger partial charge in [-0.15, -0.1) is 0 Å². The highest BCUT2D eigenvalue weighted by Gasteiger charge is 2.45. The van der Waals surface area contributed by atoms with Gasteiger partial charge in [0.05, 0.1) is 29.3 Å².